The first-order valence-corrected chi connectivity index (χ1v) is 4.91. The molecule has 1 amide bonds. The molecular formula is C11H17NO. The molecule has 0 bridgehead atoms. The van der Waals surface area contributed by atoms with Crippen molar-refractivity contribution in [1.82, 2.24) is 5.32 Å². The van der Waals surface area contributed by atoms with Crippen molar-refractivity contribution in [3.63, 3.8) is 0 Å². The zero-order valence-electron chi connectivity index (χ0n) is 8.23. The van der Waals surface area contributed by atoms with E-state index in [0.717, 1.165) is 12.8 Å². The zero-order valence-corrected chi connectivity index (χ0v) is 8.23. The summed E-state index contributed by atoms with van der Waals surface area (Å²) in [5.41, 5.74) is -0.158. The van der Waals surface area contributed by atoms with E-state index < -0.39 is 0 Å². The van der Waals surface area contributed by atoms with Crippen LogP contribution in [0, 0.1) is 17.8 Å². The van der Waals surface area contributed by atoms with Gasteiger partial charge in [-0.3, -0.25) is 4.79 Å². The summed E-state index contributed by atoms with van der Waals surface area (Å²) in [7, 11) is 0. The van der Waals surface area contributed by atoms with E-state index in [1.165, 1.54) is 19.3 Å². The molecule has 0 aromatic carbocycles. The van der Waals surface area contributed by atoms with Crippen LogP contribution in [0.4, 0.5) is 0 Å². The third-order valence-electron chi connectivity index (χ3n) is 2.86. The van der Waals surface area contributed by atoms with E-state index in [9.17, 15) is 4.79 Å². The van der Waals surface area contributed by atoms with Crippen LogP contribution < -0.4 is 5.32 Å². The second kappa shape index (κ2) is 4.32. The van der Waals surface area contributed by atoms with E-state index >= 15 is 0 Å². The van der Waals surface area contributed by atoms with Crippen LogP contribution >= 0.6 is 0 Å². The van der Waals surface area contributed by atoms with Crippen LogP contribution in [-0.2, 0) is 4.79 Å². The number of nitrogens with one attached hydrogen (secondary N) is 1. The third-order valence-corrected chi connectivity index (χ3v) is 2.86. The number of rotatable bonds is 2. The summed E-state index contributed by atoms with van der Waals surface area (Å²) in [6, 6.07) is 0. The highest BCUT2D eigenvalue weighted by Crippen LogP contribution is 2.35. The highest BCUT2D eigenvalue weighted by Gasteiger charge is 2.33. The minimum atomic E-state index is -0.158. The van der Waals surface area contributed by atoms with Gasteiger partial charge in [-0.05, 0) is 12.8 Å². The Labute approximate surface area is 80.1 Å². The highest BCUT2D eigenvalue weighted by molar-refractivity contribution is 5.82. The van der Waals surface area contributed by atoms with Crippen molar-refractivity contribution in [2.45, 2.75) is 39.0 Å². The maximum Gasteiger partial charge on any atom is 0.226 e. The number of terminal acetylenes is 1. The molecule has 1 fully saturated rings. The van der Waals surface area contributed by atoms with Crippen LogP contribution in [0.2, 0.25) is 0 Å². The fraction of sp³-hybridized carbons (Fsp3) is 0.727. The lowest BCUT2D eigenvalue weighted by atomic mass is 9.75. The monoisotopic (exact) mass is 179 g/mol. The quantitative estimate of drug-likeness (QED) is 0.642. The fourth-order valence-corrected chi connectivity index (χ4v) is 1.90. The summed E-state index contributed by atoms with van der Waals surface area (Å²) < 4.78 is 0. The van der Waals surface area contributed by atoms with Gasteiger partial charge >= 0.3 is 0 Å². The largest absolute Gasteiger partial charge is 0.345 e. The Hall–Kier alpha value is -0.970. The van der Waals surface area contributed by atoms with E-state index in [4.69, 9.17) is 6.42 Å². The maximum absolute atomic E-state index is 11.7. The molecule has 72 valence electrons. The number of carbonyl (C=O) groups is 1. The molecule has 0 saturated heterocycles. The molecule has 1 N–H and O–H groups in total. The normalized spacial score (nSPS) is 20.3. The molecule has 1 rings (SSSR count). The lowest BCUT2D eigenvalue weighted by Gasteiger charge is -2.31. The average Bonchev–Trinajstić information content (AvgIpc) is 2.15. The molecule has 0 atom stereocenters. The Balaban J connectivity index is 2.47. The van der Waals surface area contributed by atoms with Crippen LogP contribution in [0.1, 0.15) is 39.0 Å². The summed E-state index contributed by atoms with van der Waals surface area (Å²) >= 11 is 0. The van der Waals surface area contributed by atoms with Gasteiger partial charge in [0.1, 0.15) is 0 Å². The Morgan fingerprint density at radius 2 is 2.08 bits per heavy atom. The minimum absolute atomic E-state index is 0.130. The number of hydrogen-bond acceptors (Lipinski definition) is 1. The van der Waals surface area contributed by atoms with E-state index in [1.54, 1.807) is 0 Å². The van der Waals surface area contributed by atoms with Crippen LogP contribution in [0.15, 0.2) is 0 Å². The molecule has 2 heteroatoms. The molecule has 0 spiro atoms. The topological polar surface area (TPSA) is 29.1 Å². The predicted molar refractivity (Wildman–Crippen MR) is 53.0 cm³/mol. The minimum Gasteiger partial charge on any atom is -0.345 e. The smallest absolute Gasteiger partial charge is 0.226 e. The zero-order chi connectivity index (χ0) is 9.73. The molecule has 1 saturated carbocycles. The maximum atomic E-state index is 11.7. The van der Waals surface area contributed by atoms with Crippen LogP contribution in [-0.4, -0.2) is 12.5 Å². The standard InChI is InChI=1S/C11H17NO/c1-3-9-12-10(13)11(2)7-5-4-6-8-11/h1H,4-9H2,2H3,(H,12,13). The molecule has 0 heterocycles. The summed E-state index contributed by atoms with van der Waals surface area (Å²) in [5, 5.41) is 2.77. The van der Waals surface area contributed by atoms with Gasteiger partial charge in [-0.15, -0.1) is 6.42 Å². The summed E-state index contributed by atoms with van der Waals surface area (Å²) in [6.07, 6.45) is 10.7. The highest BCUT2D eigenvalue weighted by atomic mass is 16.2. The average molecular weight is 179 g/mol. The Morgan fingerprint density at radius 3 is 2.62 bits per heavy atom. The third kappa shape index (κ3) is 2.48. The van der Waals surface area contributed by atoms with Crippen LogP contribution in [0.5, 0.6) is 0 Å². The second-order valence-electron chi connectivity index (χ2n) is 4.01. The molecular weight excluding hydrogens is 162 g/mol. The molecule has 0 unspecified atom stereocenters. The van der Waals surface area contributed by atoms with Gasteiger partial charge in [-0.1, -0.05) is 32.1 Å². The summed E-state index contributed by atoms with van der Waals surface area (Å²) in [5.74, 6) is 2.55. The van der Waals surface area contributed by atoms with E-state index in [-0.39, 0.29) is 11.3 Å². The molecule has 2 nitrogen and oxygen atoms in total. The summed E-state index contributed by atoms with van der Waals surface area (Å²) in [6.45, 7) is 2.40. The van der Waals surface area contributed by atoms with Gasteiger partial charge in [0.15, 0.2) is 0 Å². The van der Waals surface area contributed by atoms with E-state index in [1.807, 2.05) is 6.92 Å². The first-order valence-electron chi connectivity index (χ1n) is 4.91. The van der Waals surface area contributed by atoms with E-state index in [2.05, 4.69) is 11.2 Å². The molecule has 0 aromatic rings. The number of carbonyl (C=O) groups excluding carboxylic acids is 1. The lowest BCUT2D eigenvalue weighted by Crippen LogP contribution is -2.40. The number of amides is 1. The van der Waals surface area contributed by atoms with Crippen LogP contribution in [0.3, 0.4) is 0 Å². The van der Waals surface area contributed by atoms with Crippen molar-refractivity contribution in [2.24, 2.45) is 5.41 Å². The number of hydrogen-bond donors (Lipinski definition) is 1. The van der Waals surface area contributed by atoms with Crippen molar-refractivity contribution in [2.75, 3.05) is 6.54 Å². The lowest BCUT2D eigenvalue weighted by molar-refractivity contribution is -0.131. The van der Waals surface area contributed by atoms with Gasteiger partial charge in [0, 0.05) is 5.41 Å². The molecule has 0 aliphatic heterocycles. The van der Waals surface area contributed by atoms with Crippen molar-refractivity contribution in [1.29, 1.82) is 0 Å². The molecule has 1 aliphatic carbocycles. The van der Waals surface area contributed by atoms with Gasteiger partial charge in [-0.25, -0.2) is 0 Å². The molecule has 0 radical (unpaired) electrons. The summed E-state index contributed by atoms with van der Waals surface area (Å²) in [4.78, 5) is 11.7. The van der Waals surface area contributed by atoms with Gasteiger partial charge < -0.3 is 5.32 Å². The SMILES string of the molecule is C#CCNC(=O)C1(C)CCCCC1. The second-order valence-corrected chi connectivity index (χ2v) is 4.01. The Morgan fingerprint density at radius 1 is 1.46 bits per heavy atom. The van der Waals surface area contributed by atoms with E-state index in [0.29, 0.717) is 6.54 Å². The first-order chi connectivity index (χ1) is 6.19. The van der Waals surface area contributed by atoms with Gasteiger partial charge in [0.2, 0.25) is 5.91 Å². The molecule has 1 aliphatic rings. The van der Waals surface area contributed by atoms with Crippen molar-refractivity contribution >= 4 is 5.91 Å². The van der Waals surface area contributed by atoms with Gasteiger partial charge in [0.25, 0.3) is 0 Å². The van der Waals surface area contributed by atoms with Crippen molar-refractivity contribution in [3.8, 4) is 12.3 Å². The first kappa shape index (κ1) is 10.1. The molecule has 0 aromatic heterocycles. The van der Waals surface area contributed by atoms with Crippen molar-refractivity contribution < 1.29 is 4.79 Å². The van der Waals surface area contributed by atoms with Gasteiger partial charge in [0.05, 0.1) is 6.54 Å². The Kier molecular flexibility index (Phi) is 3.36. The predicted octanol–water partition coefficient (Wildman–Crippen LogP) is 1.71. The van der Waals surface area contributed by atoms with Crippen LogP contribution in [0.25, 0.3) is 0 Å². The Bertz CT molecular complexity index is 221. The van der Waals surface area contributed by atoms with Crippen molar-refractivity contribution in [3.05, 3.63) is 0 Å². The van der Waals surface area contributed by atoms with Gasteiger partial charge in [-0.2, -0.15) is 0 Å². The fourth-order valence-electron chi connectivity index (χ4n) is 1.90. The molecule has 13 heavy (non-hydrogen) atoms.